The maximum absolute atomic E-state index is 13.6. The molecule has 0 bridgehead atoms. The Morgan fingerprint density at radius 1 is 1.30 bits per heavy atom. The number of rotatable bonds is 5. The first kappa shape index (κ1) is 21.8. The number of thioether (sulfide) groups is 1. The van der Waals surface area contributed by atoms with E-state index in [0.717, 1.165) is 29.5 Å². The highest BCUT2D eigenvalue weighted by molar-refractivity contribution is 8.00. The summed E-state index contributed by atoms with van der Waals surface area (Å²) in [5.74, 6) is 1.07. The molecule has 2 aromatic heterocycles. The third-order valence-electron chi connectivity index (χ3n) is 5.88. The van der Waals surface area contributed by atoms with Crippen LogP contribution in [0.2, 0.25) is 0 Å². The molecule has 0 spiro atoms. The zero-order valence-electron chi connectivity index (χ0n) is 18.3. The van der Waals surface area contributed by atoms with E-state index >= 15 is 0 Å². The molecule has 2 atom stereocenters. The van der Waals surface area contributed by atoms with E-state index in [1.165, 1.54) is 22.2 Å². The van der Waals surface area contributed by atoms with E-state index in [-0.39, 0.29) is 16.7 Å². The first-order valence-electron chi connectivity index (χ1n) is 10.9. The number of aryl methyl sites for hydroxylation is 1. The Hall–Kier alpha value is -1.38. The van der Waals surface area contributed by atoms with E-state index in [0.29, 0.717) is 49.8 Å². The molecule has 1 aliphatic carbocycles. The summed E-state index contributed by atoms with van der Waals surface area (Å²) < 4.78 is 7.18. The highest BCUT2D eigenvalue weighted by Crippen LogP contribution is 2.37. The standard InChI is InChI=1S/C22H31N3O3S2/c1-13(2)12-25-21(27)18-16-6-5-14(3)11-17(16)30-19(18)23-22(25)29-15(4)20(26)24-7-9-28-10-8-24/h13-15H,5-12H2,1-4H3. The molecule has 8 heteroatoms. The topological polar surface area (TPSA) is 64.4 Å². The van der Waals surface area contributed by atoms with Crippen LogP contribution in [0.3, 0.4) is 0 Å². The van der Waals surface area contributed by atoms with Gasteiger partial charge in [-0.25, -0.2) is 4.98 Å². The number of carbonyl (C=O) groups excluding carboxylic acids is 1. The quantitative estimate of drug-likeness (QED) is 0.516. The predicted octanol–water partition coefficient (Wildman–Crippen LogP) is 3.58. The molecule has 164 valence electrons. The van der Waals surface area contributed by atoms with Crippen LogP contribution in [0, 0.1) is 11.8 Å². The Morgan fingerprint density at radius 3 is 2.73 bits per heavy atom. The van der Waals surface area contributed by atoms with Crippen LogP contribution in [-0.4, -0.2) is 51.9 Å². The minimum atomic E-state index is -0.291. The molecule has 1 saturated heterocycles. The lowest BCUT2D eigenvalue weighted by atomic mass is 9.89. The van der Waals surface area contributed by atoms with E-state index in [2.05, 4.69) is 20.8 Å². The summed E-state index contributed by atoms with van der Waals surface area (Å²) in [6, 6.07) is 0. The summed E-state index contributed by atoms with van der Waals surface area (Å²) in [5.41, 5.74) is 1.28. The van der Waals surface area contributed by atoms with Gasteiger partial charge in [-0.05, 0) is 43.6 Å². The fourth-order valence-electron chi connectivity index (χ4n) is 4.27. The fraction of sp³-hybridized carbons (Fsp3) is 0.682. The van der Waals surface area contributed by atoms with Crippen molar-refractivity contribution in [2.45, 2.75) is 63.9 Å². The van der Waals surface area contributed by atoms with Crippen LogP contribution >= 0.6 is 23.1 Å². The smallest absolute Gasteiger partial charge is 0.263 e. The normalized spacial score (nSPS) is 20.6. The highest BCUT2D eigenvalue weighted by atomic mass is 32.2. The van der Waals surface area contributed by atoms with E-state index in [9.17, 15) is 9.59 Å². The second-order valence-corrected chi connectivity index (χ2v) is 11.3. The molecule has 1 amide bonds. The lowest BCUT2D eigenvalue weighted by Gasteiger charge is -2.29. The molecule has 6 nitrogen and oxygen atoms in total. The first-order valence-corrected chi connectivity index (χ1v) is 12.6. The number of hydrogen-bond donors (Lipinski definition) is 0. The Balaban J connectivity index is 1.70. The molecule has 2 unspecified atom stereocenters. The summed E-state index contributed by atoms with van der Waals surface area (Å²) in [6.45, 7) is 11.5. The van der Waals surface area contributed by atoms with Gasteiger partial charge in [0.25, 0.3) is 5.56 Å². The van der Waals surface area contributed by atoms with Crippen LogP contribution in [0.4, 0.5) is 0 Å². The SMILES string of the molecule is CC(C)Cn1c(SC(C)C(=O)N2CCOCC2)nc2sc3c(c2c1=O)CCC(C)C3. The van der Waals surface area contributed by atoms with Gasteiger partial charge in [-0.1, -0.05) is 32.5 Å². The number of carbonyl (C=O) groups is 1. The Labute approximate surface area is 186 Å². The number of fused-ring (bicyclic) bond motifs is 3. The molecule has 0 N–H and O–H groups in total. The summed E-state index contributed by atoms with van der Waals surface area (Å²) in [4.78, 5) is 35.4. The number of morpholine rings is 1. The lowest BCUT2D eigenvalue weighted by Crippen LogP contribution is -2.44. The zero-order valence-corrected chi connectivity index (χ0v) is 19.9. The molecule has 30 heavy (non-hydrogen) atoms. The molecule has 1 aliphatic heterocycles. The van der Waals surface area contributed by atoms with Crippen molar-refractivity contribution in [3.63, 3.8) is 0 Å². The van der Waals surface area contributed by atoms with Crippen LogP contribution in [0.5, 0.6) is 0 Å². The molecule has 0 radical (unpaired) electrons. The molecule has 0 saturated carbocycles. The zero-order chi connectivity index (χ0) is 21.4. The number of thiophene rings is 1. The Morgan fingerprint density at radius 2 is 2.03 bits per heavy atom. The van der Waals surface area contributed by atoms with E-state index in [4.69, 9.17) is 9.72 Å². The molecule has 0 aromatic carbocycles. The van der Waals surface area contributed by atoms with Gasteiger partial charge in [-0.2, -0.15) is 0 Å². The largest absolute Gasteiger partial charge is 0.378 e. The summed E-state index contributed by atoms with van der Waals surface area (Å²) >= 11 is 3.09. The van der Waals surface area contributed by atoms with Crippen molar-refractivity contribution < 1.29 is 9.53 Å². The molecule has 2 aliphatic rings. The minimum absolute atomic E-state index is 0.0641. The van der Waals surface area contributed by atoms with Crippen LogP contribution in [0.15, 0.2) is 9.95 Å². The average molecular weight is 450 g/mol. The number of aromatic nitrogens is 2. The van der Waals surface area contributed by atoms with Crippen molar-refractivity contribution >= 4 is 39.2 Å². The van der Waals surface area contributed by atoms with Gasteiger partial charge in [0, 0.05) is 24.5 Å². The summed E-state index contributed by atoms with van der Waals surface area (Å²) in [5, 5.41) is 1.20. The number of ether oxygens (including phenoxy) is 1. The molecule has 4 rings (SSSR count). The van der Waals surface area contributed by atoms with Gasteiger partial charge in [-0.15, -0.1) is 11.3 Å². The molecule has 3 heterocycles. The van der Waals surface area contributed by atoms with Crippen molar-refractivity contribution in [1.29, 1.82) is 0 Å². The monoisotopic (exact) mass is 449 g/mol. The van der Waals surface area contributed by atoms with Crippen molar-refractivity contribution in [2.24, 2.45) is 11.8 Å². The van der Waals surface area contributed by atoms with Crippen LogP contribution in [0.1, 0.15) is 44.6 Å². The predicted molar refractivity (Wildman–Crippen MR) is 123 cm³/mol. The minimum Gasteiger partial charge on any atom is -0.378 e. The van der Waals surface area contributed by atoms with Crippen LogP contribution in [-0.2, 0) is 28.9 Å². The maximum Gasteiger partial charge on any atom is 0.263 e. The number of nitrogens with zero attached hydrogens (tertiary/aromatic N) is 3. The van der Waals surface area contributed by atoms with Gasteiger partial charge < -0.3 is 9.64 Å². The van der Waals surface area contributed by atoms with Gasteiger partial charge in [-0.3, -0.25) is 14.2 Å². The summed E-state index contributed by atoms with van der Waals surface area (Å²) in [6.07, 6.45) is 3.13. The van der Waals surface area contributed by atoms with Gasteiger partial charge in [0.2, 0.25) is 5.91 Å². The Bertz CT molecular complexity index is 992. The van der Waals surface area contributed by atoms with Crippen LogP contribution < -0.4 is 5.56 Å². The third kappa shape index (κ3) is 4.32. The molecule has 1 fully saturated rings. The number of amides is 1. The Kier molecular flexibility index (Phi) is 6.55. The highest BCUT2D eigenvalue weighted by Gasteiger charge is 2.28. The van der Waals surface area contributed by atoms with Gasteiger partial charge in [0.1, 0.15) is 4.83 Å². The van der Waals surface area contributed by atoms with Crippen LogP contribution in [0.25, 0.3) is 10.2 Å². The van der Waals surface area contributed by atoms with Gasteiger partial charge in [0.05, 0.1) is 23.8 Å². The second kappa shape index (κ2) is 9.01. The fourth-order valence-corrected chi connectivity index (χ4v) is 6.70. The average Bonchev–Trinajstić information content (AvgIpc) is 3.07. The molecular formula is C22H31N3O3S2. The first-order chi connectivity index (χ1) is 14.3. The maximum atomic E-state index is 13.6. The van der Waals surface area contributed by atoms with Gasteiger partial charge >= 0.3 is 0 Å². The van der Waals surface area contributed by atoms with Crippen molar-refractivity contribution in [2.75, 3.05) is 26.3 Å². The van der Waals surface area contributed by atoms with Gasteiger partial charge in [0.15, 0.2) is 5.16 Å². The van der Waals surface area contributed by atoms with Crippen molar-refractivity contribution in [3.05, 3.63) is 20.8 Å². The van der Waals surface area contributed by atoms with E-state index < -0.39 is 0 Å². The molecular weight excluding hydrogens is 418 g/mol. The summed E-state index contributed by atoms with van der Waals surface area (Å²) in [7, 11) is 0. The second-order valence-electron chi connectivity index (χ2n) is 8.93. The van der Waals surface area contributed by atoms with E-state index in [1.54, 1.807) is 11.3 Å². The van der Waals surface area contributed by atoms with E-state index in [1.807, 2.05) is 16.4 Å². The lowest BCUT2D eigenvalue weighted by molar-refractivity contribution is -0.134. The molecule has 2 aromatic rings. The third-order valence-corrected chi connectivity index (χ3v) is 8.11. The van der Waals surface area contributed by atoms with Crippen molar-refractivity contribution in [3.8, 4) is 0 Å². The number of hydrogen-bond acceptors (Lipinski definition) is 6. The van der Waals surface area contributed by atoms with Crippen molar-refractivity contribution in [1.82, 2.24) is 14.5 Å².